The van der Waals surface area contributed by atoms with Crippen LogP contribution in [-0.2, 0) is 18.3 Å². The van der Waals surface area contributed by atoms with Crippen molar-refractivity contribution in [2.24, 2.45) is 13.0 Å². The molecule has 0 aliphatic rings. The molecule has 76 valence electrons. The molecule has 0 fully saturated rings. The zero-order valence-electron chi connectivity index (χ0n) is 8.23. The Balaban J connectivity index is 2.92. The summed E-state index contributed by atoms with van der Waals surface area (Å²) >= 11 is 0. The monoisotopic (exact) mass is 195 g/mol. The third-order valence-electron chi connectivity index (χ3n) is 2.23. The molecule has 0 aliphatic heterocycles. The van der Waals surface area contributed by atoms with Gasteiger partial charge in [-0.15, -0.1) is 0 Å². The molecule has 0 radical (unpaired) electrons. The molecule has 4 nitrogen and oxygen atoms in total. The van der Waals surface area contributed by atoms with E-state index in [-0.39, 0.29) is 5.56 Å². The van der Waals surface area contributed by atoms with E-state index in [1.807, 2.05) is 0 Å². The summed E-state index contributed by atoms with van der Waals surface area (Å²) in [7, 11) is 1.65. The van der Waals surface area contributed by atoms with Gasteiger partial charge in [-0.3, -0.25) is 9.59 Å². The average Bonchev–Trinajstić information content (AvgIpc) is 2.12. The van der Waals surface area contributed by atoms with E-state index >= 15 is 0 Å². The van der Waals surface area contributed by atoms with Gasteiger partial charge in [0.25, 0.3) is 0 Å². The second-order valence-corrected chi connectivity index (χ2v) is 3.36. The first-order chi connectivity index (χ1) is 6.52. The second kappa shape index (κ2) is 4.09. The van der Waals surface area contributed by atoms with Gasteiger partial charge in [-0.25, -0.2) is 0 Å². The number of rotatable bonds is 3. The maximum absolute atomic E-state index is 11.2. The van der Waals surface area contributed by atoms with Crippen molar-refractivity contribution in [3.8, 4) is 0 Å². The van der Waals surface area contributed by atoms with E-state index in [4.69, 9.17) is 5.11 Å². The SMILES string of the molecule is CC(Cc1cccc(=O)n1C)C(=O)O. The summed E-state index contributed by atoms with van der Waals surface area (Å²) in [4.78, 5) is 21.8. The smallest absolute Gasteiger partial charge is 0.306 e. The Hall–Kier alpha value is -1.58. The summed E-state index contributed by atoms with van der Waals surface area (Å²) in [5.74, 6) is -1.32. The minimum absolute atomic E-state index is 0.111. The van der Waals surface area contributed by atoms with Crippen LogP contribution < -0.4 is 5.56 Å². The van der Waals surface area contributed by atoms with Gasteiger partial charge in [0.2, 0.25) is 5.56 Å². The molecule has 0 spiro atoms. The molecule has 1 N–H and O–H groups in total. The number of nitrogens with zero attached hydrogens (tertiary/aromatic N) is 1. The highest BCUT2D eigenvalue weighted by Gasteiger charge is 2.12. The van der Waals surface area contributed by atoms with E-state index in [9.17, 15) is 9.59 Å². The summed E-state index contributed by atoms with van der Waals surface area (Å²) < 4.78 is 1.47. The minimum atomic E-state index is -0.846. The second-order valence-electron chi connectivity index (χ2n) is 3.36. The van der Waals surface area contributed by atoms with Crippen molar-refractivity contribution in [2.45, 2.75) is 13.3 Å². The largest absolute Gasteiger partial charge is 0.481 e. The number of carbonyl (C=O) groups is 1. The average molecular weight is 195 g/mol. The molecule has 1 atom stereocenters. The highest BCUT2D eigenvalue weighted by Crippen LogP contribution is 2.05. The van der Waals surface area contributed by atoms with Crippen molar-refractivity contribution in [3.63, 3.8) is 0 Å². The molecule has 14 heavy (non-hydrogen) atoms. The molecule has 0 saturated carbocycles. The Kier molecular flexibility index (Phi) is 3.06. The molecular formula is C10H13NO3. The van der Waals surface area contributed by atoms with Gasteiger partial charge >= 0.3 is 5.97 Å². The summed E-state index contributed by atoms with van der Waals surface area (Å²) in [5, 5.41) is 8.72. The molecule has 1 aromatic heterocycles. The lowest BCUT2D eigenvalue weighted by Gasteiger charge is -2.09. The number of carboxylic acids is 1. The van der Waals surface area contributed by atoms with Gasteiger partial charge in [-0.05, 0) is 6.07 Å². The minimum Gasteiger partial charge on any atom is -0.481 e. The van der Waals surface area contributed by atoms with Crippen molar-refractivity contribution in [1.82, 2.24) is 4.57 Å². The van der Waals surface area contributed by atoms with Gasteiger partial charge in [0, 0.05) is 25.2 Å². The molecule has 1 rings (SSSR count). The molecule has 0 amide bonds. The number of aliphatic carboxylic acids is 1. The Morgan fingerprint density at radius 2 is 2.21 bits per heavy atom. The third-order valence-corrected chi connectivity index (χ3v) is 2.23. The van der Waals surface area contributed by atoms with E-state index in [0.717, 1.165) is 5.69 Å². The molecule has 1 heterocycles. The Morgan fingerprint density at radius 3 is 2.79 bits per heavy atom. The molecule has 0 bridgehead atoms. The fourth-order valence-corrected chi connectivity index (χ4v) is 1.21. The number of pyridine rings is 1. The zero-order valence-corrected chi connectivity index (χ0v) is 8.23. The predicted molar refractivity (Wildman–Crippen MR) is 52.2 cm³/mol. The van der Waals surface area contributed by atoms with Gasteiger partial charge in [0.05, 0.1) is 5.92 Å². The maximum Gasteiger partial charge on any atom is 0.306 e. The van der Waals surface area contributed by atoms with Crippen LogP contribution in [0, 0.1) is 5.92 Å². The topological polar surface area (TPSA) is 59.3 Å². The first kappa shape index (κ1) is 10.5. The lowest BCUT2D eigenvalue weighted by atomic mass is 10.1. The van der Waals surface area contributed by atoms with E-state index in [2.05, 4.69) is 0 Å². The molecule has 1 unspecified atom stereocenters. The van der Waals surface area contributed by atoms with E-state index in [1.54, 1.807) is 26.1 Å². The predicted octanol–water partition coefficient (Wildman–Crippen LogP) is 0.648. The van der Waals surface area contributed by atoms with Crippen molar-refractivity contribution in [2.75, 3.05) is 0 Å². The number of hydrogen-bond acceptors (Lipinski definition) is 2. The van der Waals surface area contributed by atoms with E-state index in [0.29, 0.717) is 6.42 Å². The third kappa shape index (κ3) is 2.22. The van der Waals surface area contributed by atoms with Crippen LogP contribution in [0.3, 0.4) is 0 Å². The highest BCUT2D eigenvalue weighted by atomic mass is 16.4. The van der Waals surface area contributed by atoms with Crippen LogP contribution in [-0.4, -0.2) is 15.6 Å². The molecule has 0 aliphatic carbocycles. The quantitative estimate of drug-likeness (QED) is 0.770. The fraction of sp³-hybridized carbons (Fsp3) is 0.400. The first-order valence-electron chi connectivity index (χ1n) is 4.40. The van der Waals surface area contributed by atoms with Crippen molar-refractivity contribution < 1.29 is 9.90 Å². The Morgan fingerprint density at radius 1 is 1.57 bits per heavy atom. The van der Waals surface area contributed by atoms with Crippen LogP contribution in [0.4, 0.5) is 0 Å². The van der Waals surface area contributed by atoms with Crippen LogP contribution in [0.15, 0.2) is 23.0 Å². The first-order valence-corrected chi connectivity index (χ1v) is 4.40. The molecule has 0 aromatic carbocycles. The van der Waals surface area contributed by atoms with E-state index < -0.39 is 11.9 Å². The molecule has 0 saturated heterocycles. The van der Waals surface area contributed by atoms with Gasteiger partial charge in [-0.2, -0.15) is 0 Å². The Labute approximate surface area is 81.8 Å². The van der Waals surface area contributed by atoms with Crippen LogP contribution in [0.2, 0.25) is 0 Å². The van der Waals surface area contributed by atoms with Gasteiger partial charge in [-0.1, -0.05) is 13.0 Å². The number of hydrogen-bond donors (Lipinski definition) is 1. The number of carboxylic acid groups (broad SMARTS) is 1. The van der Waals surface area contributed by atoms with Gasteiger partial charge in [0.15, 0.2) is 0 Å². The Bertz CT molecular complexity index is 395. The van der Waals surface area contributed by atoms with Crippen molar-refractivity contribution >= 4 is 5.97 Å². The lowest BCUT2D eigenvalue weighted by molar-refractivity contribution is -0.141. The number of aromatic nitrogens is 1. The van der Waals surface area contributed by atoms with Crippen molar-refractivity contribution in [1.29, 1.82) is 0 Å². The normalized spacial score (nSPS) is 12.4. The fourth-order valence-electron chi connectivity index (χ4n) is 1.21. The van der Waals surface area contributed by atoms with Crippen LogP contribution >= 0.6 is 0 Å². The van der Waals surface area contributed by atoms with Gasteiger partial charge in [0.1, 0.15) is 0 Å². The summed E-state index contributed by atoms with van der Waals surface area (Å²) in [6, 6.07) is 4.86. The van der Waals surface area contributed by atoms with Crippen LogP contribution in [0.25, 0.3) is 0 Å². The molecule has 1 aromatic rings. The maximum atomic E-state index is 11.2. The highest BCUT2D eigenvalue weighted by molar-refractivity contribution is 5.69. The zero-order chi connectivity index (χ0) is 10.7. The molecule has 4 heteroatoms. The van der Waals surface area contributed by atoms with Crippen LogP contribution in [0.1, 0.15) is 12.6 Å². The van der Waals surface area contributed by atoms with Crippen LogP contribution in [0.5, 0.6) is 0 Å². The summed E-state index contributed by atoms with van der Waals surface area (Å²) in [5.41, 5.74) is 0.632. The summed E-state index contributed by atoms with van der Waals surface area (Å²) in [6.07, 6.45) is 0.377. The lowest BCUT2D eigenvalue weighted by Crippen LogP contribution is -2.22. The van der Waals surface area contributed by atoms with Gasteiger partial charge < -0.3 is 9.67 Å². The summed E-state index contributed by atoms with van der Waals surface area (Å²) in [6.45, 7) is 1.62. The molecular weight excluding hydrogens is 182 g/mol. The van der Waals surface area contributed by atoms with Crippen molar-refractivity contribution in [3.05, 3.63) is 34.2 Å². The van der Waals surface area contributed by atoms with E-state index in [1.165, 1.54) is 10.6 Å². The standard InChI is InChI=1S/C10H13NO3/c1-7(10(13)14)6-8-4-3-5-9(12)11(8)2/h3-5,7H,6H2,1-2H3,(H,13,14).